The topological polar surface area (TPSA) is 75.9 Å². The van der Waals surface area contributed by atoms with Gasteiger partial charge in [0.1, 0.15) is 11.8 Å². The second-order valence-corrected chi connectivity index (χ2v) is 4.47. The van der Waals surface area contributed by atoms with Gasteiger partial charge in [-0.25, -0.2) is 14.8 Å². The molecule has 6 heteroatoms. The van der Waals surface area contributed by atoms with Gasteiger partial charge in [-0.3, -0.25) is 0 Å². The molecule has 0 N–H and O–H groups in total. The second kappa shape index (κ2) is 4.94. The number of nitrogens with zero attached hydrogens (tertiary/aromatic N) is 3. The van der Waals surface area contributed by atoms with E-state index in [1.54, 1.807) is 18.3 Å². The summed E-state index contributed by atoms with van der Waals surface area (Å²) in [4.78, 5) is 20.3. The van der Waals surface area contributed by atoms with E-state index in [4.69, 9.17) is 5.26 Å². The van der Waals surface area contributed by atoms with E-state index < -0.39 is 5.97 Å². The van der Waals surface area contributed by atoms with Crippen LogP contribution in [0.2, 0.25) is 0 Å². The monoisotopic (exact) mass is 259 g/mol. The van der Waals surface area contributed by atoms with Gasteiger partial charge in [0.15, 0.2) is 0 Å². The standard InChI is InChI=1S/C12H9N3O2S/c1-7-10(18-11(15-7)12(16)17-2)8-3-4-14-9(5-8)6-13/h3-5H,1-2H3. The Kier molecular flexibility index (Phi) is 3.35. The lowest BCUT2D eigenvalue weighted by molar-refractivity contribution is 0.0600. The SMILES string of the molecule is COC(=O)c1nc(C)c(-c2ccnc(C#N)c2)s1. The van der Waals surface area contributed by atoms with E-state index in [0.717, 1.165) is 16.1 Å². The Hall–Kier alpha value is -2.26. The third kappa shape index (κ3) is 2.21. The Morgan fingerprint density at radius 3 is 3.00 bits per heavy atom. The van der Waals surface area contributed by atoms with Crippen molar-refractivity contribution in [2.75, 3.05) is 7.11 Å². The number of rotatable bonds is 2. The van der Waals surface area contributed by atoms with E-state index >= 15 is 0 Å². The van der Waals surface area contributed by atoms with Crippen LogP contribution in [0, 0.1) is 18.3 Å². The van der Waals surface area contributed by atoms with Crippen LogP contribution in [0.15, 0.2) is 18.3 Å². The highest BCUT2D eigenvalue weighted by Crippen LogP contribution is 2.30. The third-order valence-corrected chi connectivity index (χ3v) is 3.48. The molecule has 0 fully saturated rings. The average molecular weight is 259 g/mol. The second-order valence-electron chi connectivity index (χ2n) is 3.47. The van der Waals surface area contributed by atoms with E-state index in [0.29, 0.717) is 10.7 Å². The first kappa shape index (κ1) is 12.2. The summed E-state index contributed by atoms with van der Waals surface area (Å²) in [7, 11) is 1.32. The molecular formula is C12H9N3O2S. The quantitative estimate of drug-likeness (QED) is 0.772. The van der Waals surface area contributed by atoms with Gasteiger partial charge in [0.05, 0.1) is 17.7 Å². The van der Waals surface area contributed by atoms with Crippen molar-refractivity contribution in [2.45, 2.75) is 6.92 Å². The molecule has 0 saturated carbocycles. The molecule has 0 aliphatic carbocycles. The van der Waals surface area contributed by atoms with Gasteiger partial charge in [-0.1, -0.05) is 0 Å². The van der Waals surface area contributed by atoms with Crippen LogP contribution in [-0.4, -0.2) is 23.0 Å². The molecular weight excluding hydrogens is 250 g/mol. The summed E-state index contributed by atoms with van der Waals surface area (Å²) in [5.41, 5.74) is 1.89. The Balaban J connectivity index is 2.48. The van der Waals surface area contributed by atoms with Crippen molar-refractivity contribution in [2.24, 2.45) is 0 Å². The highest BCUT2D eigenvalue weighted by Gasteiger charge is 2.16. The first-order valence-corrected chi connectivity index (χ1v) is 5.89. The van der Waals surface area contributed by atoms with Crippen molar-refractivity contribution < 1.29 is 9.53 Å². The van der Waals surface area contributed by atoms with Gasteiger partial charge < -0.3 is 4.74 Å². The molecule has 2 aromatic heterocycles. The summed E-state index contributed by atoms with van der Waals surface area (Å²) in [6.45, 7) is 1.81. The van der Waals surface area contributed by atoms with Gasteiger partial charge in [0.2, 0.25) is 5.01 Å². The summed E-state index contributed by atoms with van der Waals surface area (Å²) >= 11 is 1.24. The molecule has 0 unspecified atom stereocenters. The maximum Gasteiger partial charge on any atom is 0.367 e. The smallest absolute Gasteiger partial charge is 0.367 e. The summed E-state index contributed by atoms with van der Waals surface area (Å²) in [5, 5.41) is 9.12. The zero-order chi connectivity index (χ0) is 13.1. The van der Waals surface area contributed by atoms with Crippen LogP contribution < -0.4 is 0 Å². The van der Waals surface area contributed by atoms with Crippen LogP contribution in [-0.2, 0) is 4.74 Å². The van der Waals surface area contributed by atoms with E-state index in [1.807, 2.05) is 13.0 Å². The van der Waals surface area contributed by atoms with Gasteiger partial charge in [-0.15, -0.1) is 11.3 Å². The third-order valence-electron chi connectivity index (χ3n) is 2.29. The summed E-state index contributed by atoms with van der Waals surface area (Å²) in [6.07, 6.45) is 1.56. The van der Waals surface area contributed by atoms with Gasteiger partial charge in [0, 0.05) is 6.20 Å². The summed E-state index contributed by atoms with van der Waals surface area (Å²) in [5.74, 6) is -0.455. The number of hydrogen-bond acceptors (Lipinski definition) is 6. The fraction of sp³-hybridized carbons (Fsp3) is 0.167. The molecule has 0 amide bonds. The molecule has 0 aliphatic heterocycles. The number of aryl methyl sites for hydroxylation is 1. The molecule has 2 rings (SSSR count). The number of pyridine rings is 1. The fourth-order valence-electron chi connectivity index (χ4n) is 1.47. The molecule has 5 nitrogen and oxygen atoms in total. The van der Waals surface area contributed by atoms with Crippen molar-refractivity contribution in [3.8, 4) is 16.5 Å². The van der Waals surface area contributed by atoms with Crippen LogP contribution in [0.1, 0.15) is 21.2 Å². The maximum absolute atomic E-state index is 11.4. The lowest BCUT2D eigenvalue weighted by Crippen LogP contribution is -1.99. The van der Waals surface area contributed by atoms with Gasteiger partial charge in [0.25, 0.3) is 0 Å². The largest absolute Gasteiger partial charge is 0.464 e. The van der Waals surface area contributed by atoms with Crippen LogP contribution in [0.5, 0.6) is 0 Å². The minimum atomic E-state index is -0.455. The molecule has 0 radical (unpaired) electrons. The lowest BCUT2D eigenvalue weighted by atomic mass is 10.2. The molecule has 0 atom stereocenters. The van der Waals surface area contributed by atoms with E-state index in [9.17, 15) is 4.79 Å². The number of hydrogen-bond donors (Lipinski definition) is 0. The van der Waals surface area contributed by atoms with E-state index in [-0.39, 0.29) is 0 Å². The summed E-state index contributed by atoms with van der Waals surface area (Å²) < 4.78 is 4.63. The average Bonchev–Trinajstić information content (AvgIpc) is 2.80. The molecule has 18 heavy (non-hydrogen) atoms. The van der Waals surface area contributed by atoms with Gasteiger partial charge in [-0.05, 0) is 24.6 Å². The first-order chi connectivity index (χ1) is 8.65. The molecule has 0 spiro atoms. The summed E-state index contributed by atoms with van der Waals surface area (Å²) in [6, 6.07) is 5.43. The number of aromatic nitrogens is 2. The zero-order valence-corrected chi connectivity index (χ0v) is 10.6. The fourth-order valence-corrected chi connectivity index (χ4v) is 2.45. The molecule has 90 valence electrons. The van der Waals surface area contributed by atoms with E-state index in [2.05, 4.69) is 14.7 Å². The molecule has 2 aromatic rings. The number of esters is 1. The van der Waals surface area contributed by atoms with Crippen molar-refractivity contribution in [1.29, 1.82) is 5.26 Å². The van der Waals surface area contributed by atoms with Crippen LogP contribution in [0.4, 0.5) is 0 Å². The molecule has 0 bridgehead atoms. The van der Waals surface area contributed by atoms with Crippen LogP contribution >= 0.6 is 11.3 Å². The molecule has 2 heterocycles. The number of thiazole rings is 1. The van der Waals surface area contributed by atoms with Crippen molar-refractivity contribution in [1.82, 2.24) is 9.97 Å². The number of ether oxygens (including phenoxy) is 1. The first-order valence-electron chi connectivity index (χ1n) is 5.08. The van der Waals surface area contributed by atoms with E-state index in [1.165, 1.54) is 18.4 Å². The predicted octanol–water partition coefficient (Wildman–Crippen LogP) is 2.17. The Bertz CT molecular complexity index is 643. The molecule has 0 saturated heterocycles. The highest BCUT2D eigenvalue weighted by atomic mass is 32.1. The van der Waals surface area contributed by atoms with Crippen molar-refractivity contribution >= 4 is 17.3 Å². The minimum absolute atomic E-state index is 0.306. The number of methoxy groups -OCH3 is 1. The molecule has 0 aliphatic rings. The zero-order valence-electron chi connectivity index (χ0n) is 9.80. The van der Waals surface area contributed by atoms with Crippen molar-refractivity contribution in [3.05, 3.63) is 34.7 Å². The number of nitriles is 1. The lowest BCUT2D eigenvalue weighted by Gasteiger charge is -1.97. The van der Waals surface area contributed by atoms with Crippen molar-refractivity contribution in [3.63, 3.8) is 0 Å². The Labute approximate surface area is 108 Å². The highest BCUT2D eigenvalue weighted by molar-refractivity contribution is 7.17. The number of carbonyl (C=O) groups excluding carboxylic acids is 1. The van der Waals surface area contributed by atoms with Gasteiger partial charge in [-0.2, -0.15) is 5.26 Å². The predicted molar refractivity (Wildman–Crippen MR) is 66.1 cm³/mol. The van der Waals surface area contributed by atoms with Gasteiger partial charge >= 0.3 is 5.97 Å². The maximum atomic E-state index is 11.4. The van der Waals surface area contributed by atoms with Crippen LogP contribution in [0.3, 0.4) is 0 Å². The minimum Gasteiger partial charge on any atom is -0.464 e. The number of carbonyl (C=O) groups is 1. The Morgan fingerprint density at radius 2 is 2.33 bits per heavy atom. The normalized spacial score (nSPS) is 9.83. The van der Waals surface area contributed by atoms with Crippen LogP contribution in [0.25, 0.3) is 10.4 Å². The molecule has 0 aromatic carbocycles. The Morgan fingerprint density at radius 1 is 1.56 bits per heavy atom.